The number of halogens is 5. The number of rotatable bonds is 3. The monoisotopic (exact) mass is 413 g/mol. The van der Waals surface area contributed by atoms with Crippen LogP contribution in [0.4, 0.5) is 17.6 Å². The second kappa shape index (κ2) is 6.68. The van der Waals surface area contributed by atoms with Gasteiger partial charge in [0.05, 0.1) is 34.5 Å². The average molecular weight is 414 g/mol. The molecule has 1 atom stereocenters. The first-order valence-electron chi connectivity index (χ1n) is 7.25. The zero-order valence-electron chi connectivity index (χ0n) is 12.9. The van der Waals surface area contributed by atoms with E-state index in [1.807, 2.05) is 0 Å². The van der Waals surface area contributed by atoms with Gasteiger partial charge in [0.25, 0.3) is 0 Å². The maximum Gasteiger partial charge on any atom is 0.419 e. The van der Waals surface area contributed by atoms with Gasteiger partial charge in [-0.25, -0.2) is 9.37 Å². The van der Waals surface area contributed by atoms with Crippen LogP contribution in [0.3, 0.4) is 0 Å². The molecule has 3 nitrogen and oxygen atoms in total. The van der Waals surface area contributed by atoms with E-state index in [4.69, 9.17) is 0 Å². The Hall–Kier alpha value is -2.06. The van der Waals surface area contributed by atoms with E-state index in [9.17, 15) is 17.6 Å². The van der Waals surface area contributed by atoms with Gasteiger partial charge in [0.2, 0.25) is 0 Å². The van der Waals surface area contributed by atoms with E-state index in [1.54, 1.807) is 25.2 Å². The first-order valence-corrected chi connectivity index (χ1v) is 8.05. The lowest BCUT2D eigenvalue weighted by atomic mass is 10.0. The Morgan fingerprint density at radius 3 is 2.52 bits per heavy atom. The zero-order valence-corrected chi connectivity index (χ0v) is 14.5. The second-order valence-corrected chi connectivity index (χ2v) is 6.30. The first-order chi connectivity index (χ1) is 11.8. The van der Waals surface area contributed by atoms with E-state index in [2.05, 4.69) is 31.2 Å². The Kier molecular flexibility index (Phi) is 4.75. The quantitative estimate of drug-likeness (QED) is 0.623. The molecule has 2 aromatic carbocycles. The van der Waals surface area contributed by atoms with Crippen molar-refractivity contribution in [3.8, 4) is 0 Å². The standard InChI is InChI=1S/C17H12BrF4N3/c1-23-16(9-2-4-12(19)11(6-9)17(20,21)22)15-8-24-14-7-10(18)3-5-13(14)25-15/h2-8,16,23H,1H3. The summed E-state index contributed by atoms with van der Waals surface area (Å²) >= 11 is 3.34. The van der Waals surface area contributed by atoms with Gasteiger partial charge in [-0.15, -0.1) is 0 Å². The molecule has 8 heteroatoms. The molecule has 1 N–H and O–H groups in total. The van der Waals surface area contributed by atoms with Crippen LogP contribution in [0.15, 0.2) is 47.1 Å². The predicted octanol–water partition coefficient (Wildman–Crippen LogP) is 4.86. The molecule has 130 valence electrons. The molecule has 0 bridgehead atoms. The van der Waals surface area contributed by atoms with E-state index < -0.39 is 23.6 Å². The highest BCUT2D eigenvalue weighted by Gasteiger charge is 2.34. The average Bonchev–Trinajstić information content (AvgIpc) is 2.56. The van der Waals surface area contributed by atoms with Crippen LogP contribution in [-0.4, -0.2) is 17.0 Å². The molecule has 1 unspecified atom stereocenters. The largest absolute Gasteiger partial charge is 0.419 e. The van der Waals surface area contributed by atoms with E-state index in [-0.39, 0.29) is 5.56 Å². The summed E-state index contributed by atoms with van der Waals surface area (Å²) in [5.41, 5.74) is 0.657. The third-order valence-corrected chi connectivity index (χ3v) is 4.23. The van der Waals surface area contributed by atoms with Crippen LogP contribution < -0.4 is 5.32 Å². The summed E-state index contributed by atoms with van der Waals surface area (Å²) in [7, 11) is 1.59. The molecule has 0 radical (unpaired) electrons. The van der Waals surface area contributed by atoms with Gasteiger partial charge < -0.3 is 5.32 Å². The lowest BCUT2D eigenvalue weighted by Crippen LogP contribution is -2.20. The molecule has 0 fully saturated rings. The highest BCUT2D eigenvalue weighted by Crippen LogP contribution is 2.34. The van der Waals surface area contributed by atoms with Crippen LogP contribution >= 0.6 is 15.9 Å². The minimum Gasteiger partial charge on any atom is -0.308 e. The predicted molar refractivity (Wildman–Crippen MR) is 89.5 cm³/mol. The number of fused-ring (bicyclic) bond motifs is 1. The fraction of sp³-hybridized carbons (Fsp3) is 0.176. The third-order valence-electron chi connectivity index (χ3n) is 3.74. The van der Waals surface area contributed by atoms with Crippen LogP contribution in [0.25, 0.3) is 11.0 Å². The van der Waals surface area contributed by atoms with Crippen LogP contribution in [0.2, 0.25) is 0 Å². The molecule has 0 aliphatic rings. The van der Waals surface area contributed by atoms with Gasteiger partial charge in [0.1, 0.15) is 5.82 Å². The van der Waals surface area contributed by atoms with Crippen molar-refractivity contribution in [2.75, 3.05) is 7.05 Å². The number of nitrogens with one attached hydrogen (secondary N) is 1. The van der Waals surface area contributed by atoms with Crippen molar-refractivity contribution in [3.05, 3.63) is 69.7 Å². The van der Waals surface area contributed by atoms with Gasteiger partial charge in [0.15, 0.2) is 0 Å². The SMILES string of the molecule is CNC(c1ccc(F)c(C(F)(F)F)c1)c1cnc2cc(Br)ccc2n1. The smallest absolute Gasteiger partial charge is 0.308 e. The maximum absolute atomic E-state index is 13.5. The molecular formula is C17H12BrF4N3. The summed E-state index contributed by atoms with van der Waals surface area (Å²) in [6.07, 6.45) is -3.27. The van der Waals surface area contributed by atoms with Gasteiger partial charge in [-0.2, -0.15) is 13.2 Å². The molecule has 0 saturated heterocycles. The summed E-state index contributed by atoms with van der Waals surface area (Å²) in [5, 5.41) is 2.91. The summed E-state index contributed by atoms with van der Waals surface area (Å²) < 4.78 is 53.2. The molecule has 0 saturated carbocycles. The van der Waals surface area contributed by atoms with Gasteiger partial charge in [-0.3, -0.25) is 4.98 Å². The molecule has 3 rings (SSSR count). The molecule has 1 heterocycles. The molecule has 25 heavy (non-hydrogen) atoms. The Bertz CT molecular complexity index is 927. The fourth-order valence-corrected chi connectivity index (χ4v) is 2.91. The van der Waals surface area contributed by atoms with Crippen LogP contribution in [0.5, 0.6) is 0 Å². The summed E-state index contributed by atoms with van der Waals surface area (Å²) in [6.45, 7) is 0. The van der Waals surface area contributed by atoms with E-state index in [0.717, 1.165) is 16.6 Å². The minimum atomic E-state index is -4.76. The maximum atomic E-state index is 13.5. The lowest BCUT2D eigenvalue weighted by Gasteiger charge is -2.18. The molecular weight excluding hydrogens is 402 g/mol. The second-order valence-electron chi connectivity index (χ2n) is 5.39. The number of hydrogen-bond donors (Lipinski definition) is 1. The Labute approximate surface area is 149 Å². The van der Waals surface area contributed by atoms with Crippen molar-refractivity contribution >= 4 is 27.0 Å². The molecule has 0 spiro atoms. The number of hydrogen-bond acceptors (Lipinski definition) is 3. The Morgan fingerprint density at radius 1 is 1.08 bits per heavy atom. The van der Waals surface area contributed by atoms with Crippen molar-refractivity contribution in [1.29, 1.82) is 0 Å². The van der Waals surface area contributed by atoms with Gasteiger partial charge in [0, 0.05) is 4.47 Å². The Morgan fingerprint density at radius 2 is 1.84 bits per heavy atom. The van der Waals surface area contributed by atoms with Crippen molar-refractivity contribution in [2.24, 2.45) is 0 Å². The minimum absolute atomic E-state index is 0.252. The van der Waals surface area contributed by atoms with Crippen molar-refractivity contribution in [1.82, 2.24) is 15.3 Å². The van der Waals surface area contributed by atoms with E-state index in [0.29, 0.717) is 16.7 Å². The molecule has 0 aliphatic carbocycles. The van der Waals surface area contributed by atoms with Crippen molar-refractivity contribution in [3.63, 3.8) is 0 Å². The number of benzene rings is 2. The molecule has 0 amide bonds. The van der Waals surface area contributed by atoms with Crippen LogP contribution in [0, 0.1) is 5.82 Å². The summed E-state index contributed by atoms with van der Waals surface area (Å²) in [5.74, 6) is -1.31. The van der Waals surface area contributed by atoms with Gasteiger partial charge >= 0.3 is 6.18 Å². The topological polar surface area (TPSA) is 37.8 Å². The highest BCUT2D eigenvalue weighted by atomic mass is 79.9. The summed E-state index contributed by atoms with van der Waals surface area (Å²) in [4.78, 5) is 8.75. The van der Waals surface area contributed by atoms with Crippen molar-refractivity contribution < 1.29 is 17.6 Å². The first kappa shape index (κ1) is 17.8. The third kappa shape index (κ3) is 3.64. The number of nitrogens with zero attached hydrogens (tertiary/aromatic N) is 2. The normalized spacial score (nSPS) is 13.2. The van der Waals surface area contributed by atoms with Gasteiger partial charge in [-0.05, 0) is 42.9 Å². The number of aromatic nitrogens is 2. The number of alkyl halides is 3. The highest BCUT2D eigenvalue weighted by molar-refractivity contribution is 9.10. The molecule has 0 aliphatic heterocycles. The Balaban J connectivity index is 2.07. The molecule has 1 aromatic heterocycles. The zero-order chi connectivity index (χ0) is 18.2. The van der Waals surface area contributed by atoms with Crippen molar-refractivity contribution in [2.45, 2.75) is 12.2 Å². The van der Waals surface area contributed by atoms with Crippen LogP contribution in [-0.2, 0) is 6.18 Å². The van der Waals surface area contributed by atoms with E-state index in [1.165, 1.54) is 12.3 Å². The van der Waals surface area contributed by atoms with Gasteiger partial charge in [-0.1, -0.05) is 22.0 Å². The van der Waals surface area contributed by atoms with Crippen LogP contribution in [0.1, 0.15) is 22.9 Å². The van der Waals surface area contributed by atoms with E-state index >= 15 is 0 Å². The fourth-order valence-electron chi connectivity index (χ4n) is 2.56. The lowest BCUT2D eigenvalue weighted by molar-refractivity contribution is -0.140. The molecule has 3 aromatic rings. The summed E-state index contributed by atoms with van der Waals surface area (Å²) in [6, 6.07) is 7.61.